The summed E-state index contributed by atoms with van der Waals surface area (Å²) in [4.78, 5) is 22.0. The van der Waals surface area contributed by atoms with Gasteiger partial charge in [-0.15, -0.1) is 0 Å². The summed E-state index contributed by atoms with van der Waals surface area (Å²) in [5.74, 6) is 0.593. The van der Waals surface area contributed by atoms with Gasteiger partial charge in [-0.25, -0.2) is 9.97 Å². The van der Waals surface area contributed by atoms with Crippen LogP contribution in [0.15, 0.2) is 23.6 Å². The fourth-order valence-electron chi connectivity index (χ4n) is 1.67. The fourth-order valence-corrected chi connectivity index (χ4v) is 2.38. The van der Waals surface area contributed by atoms with Gasteiger partial charge in [0.2, 0.25) is 5.91 Å². The van der Waals surface area contributed by atoms with E-state index >= 15 is 0 Å². The van der Waals surface area contributed by atoms with Crippen molar-refractivity contribution < 1.29 is 4.79 Å². The van der Waals surface area contributed by atoms with Crippen LogP contribution in [-0.2, 0) is 4.79 Å². The zero-order valence-corrected chi connectivity index (χ0v) is 10.4. The van der Waals surface area contributed by atoms with Crippen LogP contribution in [0.3, 0.4) is 0 Å². The molecule has 6 heteroatoms. The van der Waals surface area contributed by atoms with Gasteiger partial charge in [0.05, 0.1) is 5.75 Å². The minimum absolute atomic E-state index is 0.172. The highest BCUT2D eigenvalue weighted by atomic mass is 32.2. The second-order valence-corrected chi connectivity index (χ2v) is 4.75. The molecule has 92 valence electrons. The molecule has 0 spiro atoms. The second kappa shape index (κ2) is 6.56. The predicted octanol–water partition coefficient (Wildman–Crippen LogP) is 0.391. The number of rotatable bonds is 3. The number of thioether (sulfide) groups is 1. The van der Waals surface area contributed by atoms with E-state index in [9.17, 15) is 4.79 Å². The number of aromatic nitrogens is 2. The number of carbonyl (C=O) groups excluding carboxylic acids is 1. The molecule has 0 saturated carbocycles. The third kappa shape index (κ3) is 3.98. The molecule has 1 aromatic rings. The molecule has 1 aliphatic rings. The normalized spacial score (nSPS) is 16.6. The topological polar surface area (TPSA) is 58.1 Å². The van der Waals surface area contributed by atoms with Crippen molar-refractivity contribution in [3.8, 4) is 0 Å². The highest BCUT2D eigenvalue weighted by Crippen LogP contribution is 2.12. The van der Waals surface area contributed by atoms with E-state index in [4.69, 9.17) is 0 Å². The first-order valence-corrected chi connectivity index (χ1v) is 6.73. The molecule has 17 heavy (non-hydrogen) atoms. The Labute approximate surface area is 105 Å². The Hall–Kier alpha value is -1.14. The van der Waals surface area contributed by atoms with E-state index in [0.717, 1.165) is 32.6 Å². The van der Waals surface area contributed by atoms with Crippen LogP contribution in [0.2, 0.25) is 0 Å². The van der Waals surface area contributed by atoms with Gasteiger partial charge in [0.25, 0.3) is 0 Å². The van der Waals surface area contributed by atoms with Gasteiger partial charge in [-0.1, -0.05) is 11.8 Å². The van der Waals surface area contributed by atoms with E-state index in [1.807, 2.05) is 4.90 Å². The Kier molecular flexibility index (Phi) is 4.75. The van der Waals surface area contributed by atoms with E-state index in [1.54, 1.807) is 18.5 Å². The molecule has 0 unspecified atom stereocenters. The van der Waals surface area contributed by atoms with Gasteiger partial charge in [0.15, 0.2) is 5.16 Å². The Balaban J connectivity index is 1.80. The number of amides is 1. The first kappa shape index (κ1) is 12.3. The average molecular weight is 252 g/mol. The standard InChI is InChI=1S/C11H16N4OS/c16-10(15-7-2-3-12-6-8-15)9-17-11-13-4-1-5-14-11/h1,4-5,12H,2-3,6-9H2. The van der Waals surface area contributed by atoms with Gasteiger partial charge in [0.1, 0.15) is 0 Å². The molecular weight excluding hydrogens is 236 g/mol. The van der Waals surface area contributed by atoms with Gasteiger partial charge in [0, 0.05) is 32.0 Å². The molecule has 0 aliphatic carbocycles. The van der Waals surface area contributed by atoms with Crippen molar-refractivity contribution in [1.82, 2.24) is 20.2 Å². The Morgan fingerprint density at radius 2 is 2.18 bits per heavy atom. The van der Waals surface area contributed by atoms with E-state index in [2.05, 4.69) is 15.3 Å². The molecule has 1 aliphatic heterocycles. The molecule has 5 nitrogen and oxygen atoms in total. The van der Waals surface area contributed by atoms with E-state index < -0.39 is 0 Å². The monoisotopic (exact) mass is 252 g/mol. The van der Waals surface area contributed by atoms with Crippen LogP contribution >= 0.6 is 11.8 Å². The number of hydrogen-bond donors (Lipinski definition) is 1. The number of carbonyl (C=O) groups is 1. The summed E-state index contributed by atoms with van der Waals surface area (Å²) in [6.45, 7) is 3.54. The lowest BCUT2D eigenvalue weighted by Gasteiger charge is -2.19. The first-order chi connectivity index (χ1) is 8.36. The largest absolute Gasteiger partial charge is 0.341 e. The quantitative estimate of drug-likeness (QED) is 0.623. The van der Waals surface area contributed by atoms with Crippen molar-refractivity contribution >= 4 is 17.7 Å². The van der Waals surface area contributed by atoms with Crippen LogP contribution in [0.1, 0.15) is 6.42 Å². The van der Waals surface area contributed by atoms with Crippen molar-refractivity contribution in [3.63, 3.8) is 0 Å². The highest BCUT2D eigenvalue weighted by molar-refractivity contribution is 7.99. The van der Waals surface area contributed by atoms with Crippen LogP contribution < -0.4 is 5.32 Å². The van der Waals surface area contributed by atoms with Crippen molar-refractivity contribution in [3.05, 3.63) is 18.5 Å². The lowest BCUT2D eigenvalue weighted by atomic mass is 10.4. The molecule has 0 aromatic carbocycles. The summed E-state index contributed by atoms with van der Waals surface area (Å²) < 4.78 is 0. The molecule has 0 bridgehead atoms. The average Bonchev–Trinajstić information content (AvgIpc) is 2.66. The number of hydrogen-bond acceptors (Lipinski definition) is 5. The molecule has 2 heterocycles. The maximum Gasteiger partial charge on any atom is 0.233 e. The van der Waals surface area contributed by atoms with E-state index in [-0.39, 0.29) is 5.91 Å². The molecule has 1 saturated heterocycles. The van der Waals surface area contributed by atoms with Crippen LogP contribution in [0.5, 0.6) is 0 Å². The highest BCUT2D eigenvalue weighted by Gasteiger charge is 2.15. The molecule has 0 radical (unpaired) electrons. The van der Waals surface area contributed by atoms with Gasteiger partial charge >= 0.3 is 0 Å². The van der Waals surface area contributed by atoms with Crippen LogP contribution in [-0.4, -0.2) is 52.7 Å². The number of nitrogens with zero attached hydrogens (tertiary/aromatic N) is 3. The maximum atomic E-state index is 11.9. The molecule has 1 aromatic heterocycles. The zero-order chi connectivity index (χ0) is 11.9. The summed E-state index contributed by atoms with van der Waals surface area (Å²) in [7, 11) is 0. The van der Waals surface area contributed by atoms with Gasteiger partial charge in [-0.2, -0.15) is 0 Å². The van der Waals surface area contributed by atoms with Crippen molar-refractivity contribution in [2.24, 2.45) is 0 Å². The van der Waals surface area contributed by atoms with E-state index in [0.29, 0.717) is 10.9 Å². The number of nitrogens with one attached hydrogen (secondary N) is 1. The lowest BCUT2D eigenvalue weighted by molar-refractivity contribution is -0.128. The third-order valence-corrected chi connectivity index (χ3v) is 3.42. The van der Waals surface area contributed by atoms with Gasteiger partial charge in [-0.3, -0.25) is 4.79 Å². The van der Waals surface area contributed by atoms with Crippen LogP contribution in [0.25, 0.3) is 0 Å². The smallest absolute Gasteiger partial charge is 0.233 e. The summed E-state index contributed by atoms with van der Waals surface area (Å²) in [5.41, 5.74) is 0. The molecule has 1 amide bonds. The summed E-state index contributed by atoms with van der Waals surface area (Å²) in [5, 5.41) is 3.94. The lowest BCUT2D eigenvalue weighted by Crippen LogP contribution is -2.35. The zero-order valence-electron chi connectivity index (χ0n) is 9.63. The van der Waals surface area contributed by atoms with Gasteiger partial charge < -0.3 is 10.2 Å². The second-order valence-electron chi connectivity index (χ2n) is 3.80. The molecule has 1 fully saturated rings. The van der Waals surface area contributed by atoms with Gasteiger partial charge in [-0.05, 0) is 19.0 Å². The maximum absolute atomic E-state index is 11.9. The van der Waals surface area contributed by atoms with Crippen LogP contribution in [0.4, 0.5) is 0 Å². The molecule has 2 rings (SSSR count). The minimum atomic E-state index is 0.172. The van der Waals surface area contributed by atoms with E-state index in [1.165, 1.54) is 11.8 Å². The molecular formula is C11H16N4OS. The summed E-state index contributed by atoms with van der Waals surface area (Å²) in [6, 6.07) is 1.77. The third-order valence-electron chi connectivity index (χ3n) is 2.56. The summed E-state index contributed by atoms with van der Waals surface area (Å²) >= 11 is 1.40. The Morgan fingerprint density at radius 1 is 1.35 bits per heavy atom. The molecule has 1 N–H and O–H groups in total. The minimum Gasteiger partial charge on any atom is -0.341 e. The predicted molar refractivity (Wildman–Crippen MR) is 66.8 cm³/mol. The molecule has 0 atom stereocenters. The van der Waals surface area contributed by atoms with Crippen molar-refractivity contribution in [2.75, 3.05) is 31.9 Å². The SMILES string of the molecule is O=C(CSc1ncccn1)N1CCCNCC1. The van der Waals surface area contributed by atoms with Crippen LogP contribution in [0, 0.1) is 0 Å². The van der Waals surface area contributed by atoms with Crippen molar-refractivity contribution in [2.45, 2.75) is 11.6 Å². The summed E-state index contributed by atoms with van der Waals surface area (Å²) in [6.07, 6.45) is 4.41. The first-order valence-electron chi connectivity index (χ1n) is 5.74. The Bertz CT molecular complexity index is 352. The fraction of sp³-hybridized carbons (Fsp3) is 0.545. The van der Waals surface area contributed by atoms with Crippen molar-refractivity contribution in [1.29, 1.82) is 0 Å². The Morgan fingerprint density at radius 3 is 3.00 bits per heavy atom.